The Morgan fingerprint density at radius 2 is 1.41 bits per heavy atom. The Hall–Kier alpha value is -3.44. The summed E-state index contributed by atoms with van der Waals surface area (Å²) in [5.74, 6) is -0.343. The lowest BCUT2D eigenvalue weighted by Gasteiger charge is -2.27. The predicted molar refractivity (Wildman–Crippen MR) is 131 cm³/mol. The molecule has 0 aliphatic carbocycles. The molecule has 5 nitrogen and oxygen atoms in total. The normalized spacial score (nSPS) is 11.8. The second-order valence-corrected chi connectivity index (χ2v) is 8.41. The molecule has 166 valence electrons. The minimum atomic E-state index is -0.608. The SMILES string of the molecule is Cc1ccc(NC(=O)C(c2ccccc2)N(C)CC(=O)Nc2c(C)cc(C)cc2C)cc1. The fourth-order valence-electron chi connectivity index (χ4n) is 3.96. The van der Waals surface area contributed by atoms with Crippen molar-refractivity contribution in [3.8, 4) is 0 Å². The molecule has 0 heterocycles. The Kier molecular flexibility index (Phi) is 7.44. The van der Waals surface area contributed by atoms with Crippen LogP contribution >= 0.6 is 0 Å². The fraction of sp³-hybridized carbons (Fsp3) is 0.259. The molecule has 32 heavy (non-hydrogen) atoms. The standard InChI is InChI=1S/C27H31N3O2/c1-18-11-13-23(14-12-18)28-27(32)26(22-9-7-6-8-10-22)30(5)17-24(31)29-25-20(3)15-19(2)16-21(25)4/h6-16,26H,17H2,1-5H3,(H,28,32)(H,29,31). The molecule has 3 aromatic carbocycles. The van der Waals surface area contributed by atoms with E-state index in [1.165, 1.54) is 0 Å². The maximum Gasteiger partial charge on any atom is 0.246 e. The second-order valence-electron chi connectivity index (χ2n) is 8.41. The lowest BCUT2D eigenvalue weighted by molar-refractivity contribution is -0.123. The van der Waals surface area contributed by atoms with Gasteiger partial charge >= 0.3 is 0 Å². The van der Waals surface area contributed by atoms with Crippen LogP contribution in [0.3, 0.4) is 0 Å². The molecule has 0 aliphatic heterocycles. The van der Waals surface area contributed by atoms with Gasteiger partial charge in [-0.3, -0.25) is 14.5 Å². The number of benzene rings is 3. The van der Waals surface area contributed by atoms with Gasteiger partial charge in [-0.25, -0.2) is 0 Å². The van der Waals surface area contributed by atoms with Crippen molar-refractivity contribution in [1.29, 1.82) is 0 Å². The molecule has 0 fully saturated rings. The van der Waals surface area contributed by atoms with E-state index in [1.54, 1.807) is 11.9 Å². The third-order valence-corrected chi connectivity index (χ3v) is 5.46. The first-order chi connectivity index (χ1) is 15.2. The zero-order chi connectivity index (χ0) is 23.3. The highest BCUT2D eigenvalue weighted by Crippen LogP contribution is 2.24. The Bertz CT molecular complexity index is 1070. The average Bonchev–Trinajstić information content (AvgIpc) is 2.73. The highest BCUT2D eigenvalue weighted by molar-refractivity contribution is 5.97. The summed E-state index contributed by atoms with van der Waals surface area (Å²) in [6.07, 6.45) is 0. The van der Waals surface area contributed by atoms with E-state index in [1.807, 2.05) is 94.4 Å². The van der Waals surface area contributed by atoms with E-state index in [0.717, 1.165) is 39.2 Å². The lowest BCUT2D eigenvalue weighted by Crippen LogP contribution is -2.39. The number of anilines is 2. The summed E-state index contributed by atoms with van der Waals surface area (Å²) in [4.78, 5) is 27.9. The largest absolute Gasteiger partial charge is 0.324 e. The molecule has 0 spiro atoms. The van der Waals surface area contributed by atoms with E-state index in [4.69, 9.17) is 0 Å². The molecule has 2 N–H and O–H groups in total. The summed E-state index contributed by atoms with van der Waals surface area (Å²) in [6.45, 7) is 8.09. The van der Waals surface area contributed by atoms with Crippen molar-refractivity contribution in [2.24, 2.45) is 0 Å². The molecular weight excluding hydrogens is 398 g/mol. The number of amides is 2. The first kappa shape index (κ1) is 23.2. The van der Waals surface area contributed by atoms with Crippen LogP contribution in [-0.2, 0) is 9.59 Å². The highest BCUT2D eigenvalue weighted by Gasteiger charge is 2.27. The van der Waals surface area contributed by atoms with Gasteiger partial charge in [0.1, 0.15) is 6.04 Å². The van der Waals surface area contributed by atoms with Crippen LogP contribution in [-0.4, -0.2) is 30.3 Å². The molecular formula is C27H31N3O2. The van der Waals surface area contributed by atoms with Gasteiger partial charge < -0.3 is 10.6 Å². The van der Waals surface area contributed by atoms with Gasteiger partial charge in [-0.15, -0.1) is 0 Å². The van der Waals surface area contributed by atoms with E-state index in [9.17, 15) is 9.59 Å². The molecule has 0 saturated carbocycles. The van der Waals surface area contributed by atoms with Crippen LogP contribution in [0, 0.1) is 27.7 Å². The number of carbonyl (C=O) groups excluding carboxylic acids is 2. The Balaban J connectivity index is 1.78. The first-order valence-corrected chi connectivity index (χ1v) is 10.7. The highest BCUT2D eigenvalue weighted by atomic mass is 16.2. The van der Waals surface area contributed by atoms with Gasteiger partial charge in [0.15, 0.2) is 0 Å². The first-order valence-electron chi connectivity index (χ1n) is 10.7. The zero-order valence-electron chi connectivity index (χ0n) is 19.4. The van der Waals surface area contributed by atoms with Crippen molar-refractivity contribution in [3.63, 3.8) is 0 Å². The number of hydrogen-bond acceptors (Lipinski definition) is 3. The second kappa shape index (κ2) is 10.2. The summed E-state index contributed by atoms with van der Waals surface area (Å²) in [6, 6.07) is 20.7. The van der Waals surface area contributed by atoms with Crippen molar-refractivity contribution in [3.05, 3.63) is 94.5 Å². The van der Waals surface area contributed by atoms with Gasteiger partial charge in [-0.05, 0) is 63.6 Å². The van der Waals surface area contributed by atoms with E-state index in [-0.39, 0.29) is 18.4 Å². The summed E-state index contributed by atoms with van der Waals surface area (Å²) in [7, 11) is 1.79. The van der Waals surface area contributed by atoms with Crippen LogP contribution in [0.2, 0.25) is 0 Å². The maximum absolute atomic E-state index is 13.2. The smallest absolute Gasteiger partial charge is 0.246 e. The molecule has 5 heteroatoms. The lowest BCUT2D eigenvalue weighted by atomic mass is 10.0. The molecule has 1 atom stereocenters. The molecule has 2 amide bonds. The van der Waals surface area contributed by atoms with Gasteiger partial charge in [-0.2, -0.15) is 0 Å². The zero-order valence-corrected chi connectivity index (χ0v) is 19.4. The number of likely N-dealkylation sites (N-methyl/N-ethyl adjacent to an activating group) is 1. The minimum absolute atomic E-state index is 0.0770. The minimum Gasteiger partial charge on any atom is -0.324 e. The summed E-state index contributed by atoms with van der Waals surface area (Å²) in [5.41, 5.74) is 6.71. The maximum atomic E-state index is 13.2. The van der Waals surface area contributed by atoms with Gasteiger partial charge in [0.2, 0.25) is 11.8 Å². The molecule has 3 rings (SSSR count). The van der Waals surface area contributed by atoms with Crippen LogP contribution in [0.1, 0.15) is 33.9 Å². The van der Waals surface area contributed by atoms with Crippen LogP contribution in [0.25, 0.3) is 0 Å². The molecule has 0 aliphatic rings. The number of carbonyl (C=O) groups is 2. The van der Waals surface area contributed by atoms with Crippen molar-refractivity contribution >= 4 is 23.2 Å². The molecule has 0 saturated heterocycles. The van der Waals surface area contributed by atoms with Gasteiger partial charge in [0.05, 0.1) is 6.54 Å². The number of rotatable bonds is 7. The topological polar surface area (TPSA) is 61.4 Å². The van der Waals surface area contributed by atoms with E-state index in [0.29, 0.717) is 0 Å². The molecule has 3 aromatic rings. The summed E-state index contributed by atoms with van der Waals surface area (Å²) < 4.78 is 0. The summed E-state index contributed by atoms with van der Waals surface area (Å²) >= 11 is 0. The number of nitrogens with one attached hydrogen (secondary N) is 2. The van der Waals surface area contributed by atoms with Gasteiger partial charge in [0.25, 0.3) is 0 Å². The average molecular weight is 430 g/mol. The predicted octanol–water partition coefficient (Wildman–Crippen LogP) is 5.17. The Morgan fingerprint density at radius 1 is 0.812 bits per heavy atom. The summed E-state index contributed by atoms with van der Waals surface area (Å²) in [5, 5.41) is 6.01. The van der Waals surface area contributed by atoms with Crippen molar-refractivity contribution in [2.45, 2.75) is 33.7 Å². The van der Waals surface area contributed by atoms with E-state index >= 15 is 0 Å². The van der Waals surface area contributed by atoms with Crippen LogP contribution in [0.4, 0.5) is 11.4 Å². The molecule has 0 radical (unpaired) electrons. The fourth-order valence-corrected chi connectivity index (χ4v) is 3.96. The number of hydrogen-bond donors (Lipinski definition) is 2. The van der Waals surface area contributed by atoms with Crippen LogP contribution in [0.5, 0.6) is 0 Å². The van der Waals surface area contributed by atoms with Crippen molar-refractivity contribution in [1.82, 2.24) is 4.90 Å². The monoisotopic (exact) mass is 429 g/mol. The quantitative estimate of drug-likeness (QED) is 0.545. The Labute approximate surface area is 190 Å². The van der Waals surface area contributed by atoms with Crippen LogP contribution < -0.4 is 10.6 Å². The molecule has 0 aromatic heterocycles. The number of nitrogens with zero attached hydrogens (tertiary/aromatic N) is 1. The van der Waals surface area contributed by atoms with Gasteiger partial charge in [0, 0.05) is 11.4 Å². The number of aryl methyl sites for hydroxylation is 4. The molecule has 1 unspecified atom stereocenters. The van der Waals surface area contributed by atoms with Crippen molar-refractivity contribution in [2.75, 3.05) is 24.2 Å². The third-order valence-electron chi connectivity index (χ3n) is 5.46. The van der Waals surface area contributed by atoms with E-state index < -0.39 is 6.04 Å². The van der Waals surface area contributed by atoms with Gasteiger partial charge in [-0.1, -0.05) is 65.7 Å². The van der Waals surface area contributed by atoms with Crippen molar-refractivity contribution < 1.29 is 9.59 Å². The van der Waals surface area contributed by atoms with Crippen LogP contribution in [0.15, 0.2) is 66.7 Å². The Morgan fingerprint density at radius 3 is 2.00 bits per heavy atom. The molecule has 0 bridgehead atoms. The third kappa shape index (κ3) is 5.83. The van der Waals surface area contributed by atoms with E-state index in [2.05, 4.69) is 10.6 Å².